The van der Waals surface area contributed by atoms with Gasteiger partial charge in [0.1, 0.15) is 11.5 Å². The lowest BCUT2D eigenvalue weighted by molar-refractivity contribution is 0.310. The van der Waals surface area contributed by atoms with Crippen molar-refractivity contribution < 1.29 is 18.9 Å². The van der Waals surface area contributed by atoms with Crippen molar-refractivity contribution in [3.05, 3.63) is 48.0 Å². The van der Waals surface area contributed by atoms with E-state index in [0.29, 0.717) is 6.61 Å². The molecule has 0 radical (unpaired) electrons. The number of ether oxygens (including phenoxy) is 4. The summed E-state index contributed by atoms with van der Waals surface area (Å²) in [5, 5.41) is 6.61. The van der Waals surface area contributed by atoms with Crippen LogP contribution in [0.15, 0.2) is 47.5 Å². The lowest BCUT2D eigenvalue weighted by atomic mass is 10.1. The highest BCUT2D eigenvalue weighted by Gasteiger charge is 2.05. The van der Waals surface area contributed by atoms with Crippen LogP contribution in [0.5, 0.6) is 23.0 Å². The van der Waals surface area contributed by atoms with Gasteiger partial charge < -0.3 is 29.6 Å². The third-order valence-electron chi connectivity index (χ3n) is 4.32. The van der Waals surface area contributed by atoms with Crippen LogP contribution in [0.1, 0.15) is 12.0 Å². The van der Waals surface area contributed by atoms with Crippen LogP contribution < -0.4 is 29.6 Å². The fraction of sp³-hybridized carbons (Fsp3) is 0.409. The van der Waals surface area contributed by atoms with Gasteiger partial charge in [-0.2, -0.15) is 0 Å². The molecular formula is C22H31N3O4. The molecule has 0 spiro atoms. The standard InChI is InChI=1S/C22H31N3O4/c1-23-22(24-13-5-15-29-19-9-7-18(26-2)8-10-19)25-14-12-17-6-11-20(27-3)21(16-17)28-4/h6-11,16H,5,12-15H2,1-4H3,(H2,23,24,25). The molecule has 2 aromatic rings. The maximum absolute atomic E-state index is 5.72. The second kappa shape index (κ2) is 12.4. The Bertz CT molecular complexity index is 763. The molecule has 0 aliphatic heterocycles. The van der Waals surface area contributed by atoms with E-state index < -0.39 is 0 Å². The Morgan fingerprint density at radius 3 is 2.17 bits per heavy atom. The monoisotopic (exact) mass is 401 g/mol. The number of aliphatic imine (C=N–C) groups is 1. The molecular weight excluding hydrogens is 370 g/mol. The first-order valence-electron chi connectivity index (χ1n) is 9.62. The summed E-state index contributed by atoms with van der Waals surface area (Å²) in [7, 11) is 6.69. The van der Waals surface area contributed by atoms with E-state index in [2.05, 4.69) is 15.6 Å². The molecule has 0 amide bonds. The van der Waals surface area contributed by atoms with E-state index >= 15 is 0 Å². The number of benzene rings is 2. The highest BCUT2D eigenvalue weighted by atomic mass is 16.5. The number of nitrogens with zero attached hydrogens (tertiary/aromatic N) is 1. The van der Waals surface area contributed by atoms with E-state index in [1.807, 2.05) is 42.5 Å². The van der Waals surface area contributed by atoms with Crippen LogP contribution in [-0.4, -0.2) is 54.0 Å². The van der Waals surface area contributed by atoms with Crippen molar-refractivity contribution in [2.45, 2.75) is 12.8 Å². The summed E-state index contributed by atoms with van der Waals surface area (Å²) in [5.41, 5.74) is 1.17. The minimum atomic E-state index is 0.627. The molecule has 0 aromatic heterocycles. The summed E-state index contributed by atoms with van der Waals surface area (Å²) in [6.07, 6.45) is 1.71. The van der Waals surface area contributed by atoms with E-state index in [4.69, 9.17) is 18.9 Å². The Balaban J connectivity index is 1.64. The van der Waals surface area contributed by atoms with E-state index in [-0.39, 0.29) is 0 Å². The van der Waals surface area contributed by atoms with Gasteiger partial charge in [-0.05, 0) is 54.8 Å². The van der Waals surface area contributed by atoms with E-state index in [9.17, 15) is 0 Å². The molecule has 0 heterocycles. The van der Waals surface area contributed by atoms with Gasteiger partial charge in [-0.3, -0.25) is 4.99 Å². The van der Waals surface area contributed by atoms with Gasteiger partial charge >= 0.3 is 0 Å². The van der Waals surface area contributed by atoms with Crippen molar-refractivity contribution in [1.29, 1.82) is 0 Å². The maximum atomic E-state index is 5.72. The SMILES string of the molecule is CN=C(NCCCOc1ccc(OC)cc1)NCCc1ccc(OC)c(OC)c1. The zero-order valence-corrected chi connectivity index (χ0v) is 17.7. The molecule has 2 N–H and O–H groups in total. The molecule has 0 fully saturated rings. The Hall–Kier alpha value is -3.09. The molecule has 0 saturated heterocycles. The van der Waals surface area contributed by atoms with Crippen LogP contribution >= 0.6 is 0 Å². The third kappa shape index (κ3) is 7.44. The van der Waals surface area contributed by atoms with Crippen molar-refractivity contribution in [2.24, 2.45) is 4.99 Å². The third-order valence-corrected chi connectivity index (χ3v) is 4.32. The first kappa shape index (κ1) is 22.2. The number of rotatable bonds is 11. The zero-order valence-electron chi connectivity index (χ0n) is 17.7. The van der Waals surface area contributed by atoms with Crippen LogP contribution in [-0.2, 0) is 6.42 Å². The summed E-state index contributed by atoms with van der Waals surface area (Å²) >= 11 is 0. The second-order valence-electron chi connectivity index (χ2n) is 6.24. The smallest absolute Gasteiger partial charge is 0.190 e. The van der Waals surface area contributed by atoms with Crippen LogP contribution in [0, 0.1) is 0 Å². The van der Waals surface area contributed by atoms with Crippen molar-refractivity contribution in [3.8, 4) is 23.0 Å². The average Bonchev–Trinajstić information content (AvgIpc) is 2.77. The van der Waals surface area contributed by atoms with Crippen molar-refractivity contribution in [1.82, 2.24) is 10.6 Å². The van der Waals surface area contributed by atoms with Crippen molar-refractivity contribution >= 4 is 5.96 Å². The molecule has 0 aliphatic carbocycles. The van der Waals surface area contributed by atoms with Crippen LogP contribution in [0.3, 0.4) is 0 Å². The molecule has 0 aliphatic rings. The number of hydrogen-bond donors (Lipinski definition) is 2. The van der Waals surface area contributed by atoms with Gasteiger partial charge in [-0.1, -0.05) is 6.07 Å². The Labute approximate surface area is 173 Å². The van der Waals surface area contributed by atoms with E-state index in [1.165, 1.54) is 5.56 Å². The van der Waals surface area contributed by atoms with Gasteiger partial charge in [0.05, 0.1) is 27.9 Å². The lowest BCUT2D eigenvalue weighted by Crippen LogP contribution is -2.39. The molecule has 2 rings (SSSR count). The van der Waals surface area contributed by atoms with Gasteiger partial charge in [0.25, 0.3) is 0 Å². The number of hydrogen-bond acceptors (Lipinski definition) is 5. The van der Waals surface area contributed by atoms with Crippen LogP contribution in [0.4, 0.5) is 0 Å². The predicted molar refractivity (Wildman–Crippen MR) is 116 cm³/mol. The molecule has 7 heteroatoms. The van der Waals surface area contributed by atoms with E-state index in [1.54, 1.807) is 28.4 Å². The quantitative estimate of drug-likeness (QED) is 0.343. The molecule has 29 heavy (non-hydrogen) atoms. The Morgan fingerprint density at radius 2 is 1.52 bits per heavy atom. The topological polar surface area (TPSA) is 73.3 Å². The largest absolute Gasteiger partial charge is 0.497 e. The number of methoxy groups -OCH3 is 3. The van der Waals surface area contributed by atoms with Gasteiger partial charge in [-0.15, -0.1) is 0 Å². The van der Waals surface area contributed by atoms with Gasteiger partial charge in [-0.25, -0.2) is 0 Å². The van der Waals surface area contributed by atoms with Gasteiger partial charge in [0.15, 0.2) is 17.5 Å². The van der Waals surface area contributed by atoms with E-state index in [0.717, 1.165) is 54.9 Å². The molecule has 2 aromatic carbocycles. The fourth-order valence-corrected chi connectivity index (χ4v) is 2.72. The zero-order chi connectivity index (χ0) is 20.9. The maximum Gasteiger partial charge on any atom is 0.190 e. The minimum absolute atomic E-state index is 0.627. The average molecular weight is 402 g/mol. The lowest BCUT2D eigenvalue weighted by Gasteiger charge is -2.13. The fourth-order valence-electron chi connectivity index (χ4n) is 2.72. The van der Waals surface area contributed by atoms with Crippen molar-refractivity contribution in [3.63, 3.8) is 0 Å². The van der Waals surface area contributed by atoms with Crippen LogP contribution in [0.25, 0.3) is 0 Å². The summed E-state index contributed by atoms with van der Waals surface area (Å²) in [6, 6.07) is 13.5. The molecule has 0 atom stereocenters. The highest BCUT2D eigenvalue weighted by Crippen LogP contribution is 2.27. The summed E-state index contributed by atoms with van der Waals surface area (Å²) in [4.78, 5) is 4.25. The molecule has 0 bridgehead atoms. The first-order chi connectivity index (χ1) is 14.2. The number of guanidine groups is 1. The normalized spacial score (nSPS) is 11.0. The highest BCUT2D eigenvalue weighted by molar-refractivity contribution is 5.79. The Kier molecular flexibility index (Phi) is 9.48. The minimum Gasteiger partial charge on any atom is -0.497 e. The summed E-state index contributed by atoms with van der Waals surface area (Å²) in [5.74, 6) is 3.91. The molecule has 0 saturated carbocycles. The Morgan fingerprint density at radius 1 is 0.828 bits per heavy atom. The van der Waals surface area contributed by atoms with Crippen molar-refractivity contribution in [2.75, 3.05) is 48.1 Å². The van der Waals surface area contributed by atoms with Gasteiger partial charge in [0, 0.05) is 20.1 Å². The van der Waals surface area contributed by atoms with Gasteiger partial charge in [0.2, 0.25) is 0 Å². The predicted octanol–water partition coefficient (Wildman–Crippen LogP) is 2.89. The van der Waals surface area contributed by atoms with Crippen LogP contribution in [0.2, 0.25) is 0 Å². The summed E-state index contributed by atoms with van der Waals surface area (Å²) < 4.78 is 21.5. The molecule has 0 unspecified atom stereocenters. The summed E-state index contributed by atoms with van der Waals surface area (Å²) in [6.45, 7) is 2.16. The molecule has 7 nitrogen and oxygen atoms in total. The number of nitrogens with one attached hydrogen (secondary N) is 2. The molecule has 158 valence electrons. The first-order valence-corrected chi connectivity index (χ1v) is 9.62. The second-order valence-corrected chi connectivity index (χ2v) is 6.24.